The van der Waals surface area contributed by atoms with Gasteiger partial charge in [-0.25, -0.2) is 0 Å². The Hall–Kier alpha value is -1.09. The molecule has 2 nitrogen and oxygen atoms in total. The molecule has 0 aliphatic carbocycles. The van der Waals surface area contributed by atoms with Crippen LogP contribution in [0, 0.1) is 0 Å². The molecule has 0 radical (unpaired) electrons. The number of hydrogen-bond donors (Lipinski definition) is 0. The van der Waals surface area contributed by atoms with E-state index < -0.39 is 8.24 Å². The summed E-state index contributed by atoms with van der Waals surface area (Å²) in [7, 11) is -1.51. The molecule has 1 aromatic carbocycles. The van der Waals surface area contributed by atoms with E-state index in [1.54, 1.807) is 0 Å². The monoisotopic (exact) mass is 233 g/mol. The minimum absolute atomic E-state index is 0.309. The first-order valence-corrected chi connectivity index (χ1v) is 9.30. The molecule has 86 valence electrons. The molecule has 0 fully saturated rings. The second kappa shape index (κ2) is 4.05. The van der Waals surface area contributed by atoms with Crippen LogP contribution >= 0.6 is 0 Å². The third kappa shape index (κ3) is 2.19. The van der Waals surface area contributed by atoms with Crippen LogP contribution in [-0.2, 0) is 17.6 Å². The lowest BCUT2D eigenvalue weighted by atomic mass is 10.0. The number of nitrogens with zero attached hydrogens (tertiary/aromatic N) is 1. The molecule has 2 rings (SSSR count). The van der Waals surface area contributed by atoms with Gasteiger partial charge in [-0.15, -0.1) is 0 Å². The van der Waals surface area contributed by atoms with Gasteiger partial charge in [-0.05, 0) is 17.5 Å². The Balaban J connectivity index is 2.29. The van der Waals surface area contributed by atoms with E-state index in [2.05, 4.69) is 42.4 Å². The van der Waals surface area contributed by atoms with E-state index in [-0.39, 0.29) is 0 Å². The standard InChI is InChI=1S/C13H19NOSi/c1-16(2,3)14-9-8-11-6-4-5-7-12(11)10-13(14)15/h4-7H,8-10H2,1-3H3. The molecule has 0 atom stereocenters. The molecule has 0 spiro atoms. The molecular formula is C13H19NOSi. The molecule has 16 heavy (non-hydrogen) atoms. The maximum absolute atomic E-state index is 12.2. The second-order valence-electron chi connectivity index (χ2n) is 5.41. The van der Waals surface area contributed by atoms with Crippen molar-refractivity contribution in [3.05, 3.63) is 35.4 Å². The molecule has 1 heterocycles. The zero-order valence-corrected chi connectivity index (χ0v) is 11.3. The van der Waals surface area contributed by atoms with Crippen LogP contribution in [-0.4, -0.2) is 25.3 Å². The molecule has 0 N–H and O–H groups in total. The van der Waals surface area contributed by atoms with Gasteiger partial charge in [-0.3, -0.25) is 4.79 Å². The van der Waals surface area contributed by atoms with Crippen LogP contribution in [0.25, 0.3) is 0 Å². The number of amides is 1. The van der Waals surface area contributed by atoms with Crippen LogP contribution in [0.2, 0.25) is 19.6 Å². The zero-order chi connectivity index (χ0) is 11.8. The summed E-state index contributed by atoms with van der Waals surface area (Å²) < 4.78 is 2.13. The van der Waals surface area contributed by atoms with Crippen molar-refractivity contribution in [2.45, 2.75) is 32.5 Å². The van der Waals surface area contributed by atoms with Gasteiger partial charge in [0, 0.05) is 6.54 Å². The molecule has 3 heteroatoms. The lowest BCUT2D eigenvalue weighted by molar-refractivity contribution is -0.126. The van der Waals surface area contributed by atoms with E-state index in [4.69, 9.17) is 0 Å². The number of fused-ring (bicyclic) bond motifs is 1. The van der Waals surface area contributed by atoms with Crippen molar-refractivity contribution in [3.8, 4) is 0 Å². The molecule has 1 aliphatic rings. The fourth-order valence-electron chi connectivity index (χ4n) is 2.30. The van der Waals surface area contributed by atoms with Crippen LogP contribution in [0.5, 0.6) is 0 Å². The predicted octanol–water partition coefficient (Wildman–Crippen LogP) is 2.45. The van der Waals surface area contributed by atoms with Gasteiger partial charge in [0.1, 0.15) is 0 Å². The number of rotatable bonds is 1. The van der Waals surface area contributed by atoms with E-state index in [0.717, 1.165) is 13.0 Å². The van der Waals surface area contributed by atoms with Gasteiger partial charge in [-0.1, -0.05) is 43.9 Å². The highest BCUT2D eigenvalue weighted by atomic mass is 28.3. The van der Waals surface area contributed by atoms with E-state index >= 15 is 0 Å². The van der Waals surface area contributed by atoms with Gasteiger partial charge in [0.2, 0.25) is 5.91 Å². The van der Waals surface area contributed by atoms with Gasteiger partial charge >= 0.3 is 0 Å². The Bertz CT molecular complexity index is 409. The molecule has 0 aromatic heterocycles. The fourth-order valence-corrected chi connectivity index (χ4v) is 3.91. The number of hydrogen-bond acceptors (Lipinski definition) is 1. The first-order valence-electron chi connectivity index (χ1n) is 5.86. The smallest absolute Gasteiger partial charge is 0.219 e. The normalized spacial score (nSPS) is 16.9. The van der Waals surface area contributed by atoms with Crippen molar-refractivity contribution in [1.29, 1.82) is 0 Å². The Kier molecular flexibility index (Phi) is 2.89. The third-order valence-electron chi connectivity index (χ3n) is 3.18. The van der Waals surface area contributed by atoms with Crippen molar-refractivity contribution in [2.24, 2.45) is 0 Å². The first kappa shape index (κ1) is 11.4. The molecule has 0 unspecified atom stereocenters. The highest BCUT2D eigenvalue weighted by Crippen LogP contribution is 2.20. The van der Waals surface area contributed by atoms with Gasteiger partial charge in [0.05, 0.1) is 6.42 Å². The lowest BCUT2D eigenvalue weighted by Crippen LogP contribution is -2.50. The number of carbonyl (C=O) groups excluding carboxylic acids is 1. The summed E-state index contributed by atoms with van der Waals surface area (Å²) in [5.74, 6) is 0.309. The minimum atomic E-state index is -1.51. The Morgan fingerprint density at radius 3 is 2.38 bits per heavy atom. The van der Waals surface area contributed by atoms with Gasteiger partial charge in [0.15, 0.2) is 8.24 Å². The van der Waals surface area contributed by atoms with Crippen LogP contribution in [0.4, 0.5) is 0 Å². The van der Waals surface area contributed by atoms with Crippen molar-refractivity contribution in [1.82, 2.24) is 4.57 Å². The topological polar surface area (TPSA) is 20.3 Å². The van der Waals surface area contributed by atoms with Crippen LogP contribution < -0.4 is 0 Å². The Labute approximate surface area is 98.4 Å². The van der Waals surface area contributed by atoms with Crippen molar-refractivity contribution < 1.29 is 4.79 Å². The third-order valence-corrected chi connectivity index (χ3v) is 5.27. The van der Waals surface area contributed by atoms with Gasteiger partial charge < -0.3 is 4.57 Å². The number of carbonyl (C=O) groups is 1. The zero-order valence-electron chi connectivity index (χ0n) is 10.3. The van der Waals surface area contributed by atoms with E-state index in [1.807, 2.05) is 6.07 Å². The highest BCUT2D eigenvalue weighted by molar-refractivity contribution is 6.75. The first-order chi connectivity index (χ1) is 7.48. The maximum Gasteiger partial charge on any atom is 0.219 e. The summed E-state index contributed by atoms with van der Waals surface area (Å²) >= 11 is 0. The van der Waals surface area contributed by atoms with Gasteiger partial charge in [-0.2, -0.15) is 0 Å². The largest absolute Gasteiger partial charge is 0.369 e. The summed E-state index contributed by atoms with van der Waals surface area (Å²) in [5, 5.41) is 0. The summed E-state index contributed by atoms with van der Waals surface area (Å²) in [6, 6.07) is 8.32. The molecule has 1 amide bonds. The minimum Gasteiger partial charge on any atom is -0.369 e. The highest BCUT2D eigenvalue weighted by Gasteiger charge is 2.30. The molecule has 0 bridgehead atoms. The summed E-state index contributed by atoms with van der Waals surface area (Å²) in [5.41, 5.74) is 2.56. The van der Waals surface area contributed by atoms with E-state index in [1.165, 1.54) is 11.1 Å². The SMILES string of the molecule is C[Si](C)(C)N1CCc2ccccc2CC1=O. The Morgan fingerprint density at radius 1 is 1.12 bits per heavy atom. The molecule has 1 aliphatic heterocycles. The Morgan fingerprint density at radius 2 is 1.75 bits per heavy atom. The lowest BCUT2D eigenvalue weighted by Gasteiger charge is -2.33. The van der Waals surface area contributed by atoms with Crippen LogP contribution in [0.3, 0.4) is 0 Å². The summed E-state index contributed by atoms with van der Waals surface area (Å²) in [6.07, 6.45) is 1.59. The van der Waals surface area contributed by atoms with Crippen molar-refractivity contribution in [2.75, 3.05) is 6.54 Å². The van der Waals surface area contributed by atoms with Crippen LogP contribution in [0.15, 0.2) is 24.3 Å². The van der Waals surface area contributed by atoms with Gasteiger partial charge in [0.25, 0.3) is 0 Å². The van der Waals surface area contributed by atoms with Crippen molar-refractivity contribution in [3.63, 3.8) is 0 Å². The van der Waals surface area contributed by atoms with E-state index in [0.29, 0.717) is 12.3 Å². The molecule has 0 saturated carbocycles. The average Bonchev–Trinajstić information content (AvgIpc) is 2.34. The fraction of sp³-hybridized carbons (Fsp3) is 0.462. The summed E-state index contributed by atoms with van der Waals surface area (Å²) in [4.78, 5) is 12.2. The van der Waals surface area contributed by atoms with Crippen molar-refractivity contribution >= 4 is 14.1 Å². The average molecular weight is 233 g/mol. The number of benzene rings is 1. The maximum atomic E-state index is 12.2. The molecular weight excluding hydrogens is 214 g/mol. The van der Waals surface area contributed by atoms with E-state index in [9.17, 15) is 4.79 Å². The molecule has 0 saturated heterocycles. The second-order valence-corrected chi connectivity index (χ2v) is 10.3. The molecule has 1 aromatic rings. The van der Waals surface area contributed by atoms with Crippen LogP contribution in [0.1, 0.15) is 11.1 Å². The quantitative estimate of drug-likeness (QED) is 0.682. The predicted molar refractivity (Wildman–Crippen MR) is 68.9 cm³/mol. The summed E-state index contributed by atoms with van der Waals surface area (Å²) in [6.45, 7) is 7.61.